The minimum absolute atomic E-state index is 0.388. The van der Waals surface area contributed by atoms with Gasteiger partial charge in [0.25, 0.3) is 0 Å². The van der Waals surface area contributed by atoms with E-state index in [0.717, 1.165) is 12.1 Å². The maximum Gasteiger partial charge on any atom is 0.418 e. The van der Waals surface area contributed by atoms with Crippen LogP contribution in [0.2, 0.25) is 0 Å². The number of rotatable bonds is 4. The number of hydrogen-bond donors (Lipinski definition) is 2. The van der Waals surface area contributed by atoms with Crippen molar-refractivity contribution in [3.8, 4) is 0 Å². The molecule has 0 aliphatic heterocycles. The van der Waals surface area contributed by atoms with E-state index in [2.05, 4.69) is 10.6 Å². The number of hydrogen-bond acceptors (Lipinski definition) is 2. The Morgan fingerprint density at radius 2 is 1.32 bits per heavy atom. The molecule has 0 aromatic heterocycles. The fourth-order valence-electron chi connectivity index (χ4n) is 2.03. The third kappa shape index (κ3) is 4.37. The van der Waals surface area contributed by atoms with E-state index in [1.54, 1.807) is 30.3 Å². The van der Waals surface area contributed by atoms with Gasteiger partial charge in [0.15, 0.2) is 0 Å². The smallest absolute Gasteiger partial charge is 0.325 e. The van der Waals surface area contributed by atoms with Crippen LogP contribution in [0.3, 0.4) is 0 Å². The fraction of sp³-hybridized carbons (Fsp3) is 0.222. The first-order valence-corrected chi connectivity index (χ1v) is 7.46. The fourth-order valence-corrected chi connectivity index (χ4v) is 2.03. The Morgan fingerprint density at radius 1 is 0.800 bits per heavy atom. The third-order valence-electron chi connectivity index (χ3n) is 3.65. The molecule has 0 spiro atoms. The van der Waals surface area contributed by atoms with E-state index in [-0.39, 0.29) is 5.69 Å². The minimum atomic E-state index is -4.61. The highest BCUT2D eigenvalue weighted by molar-refractivity contribution is 6.14. The molecule has 2 amide bonds. The van der Waals surface area contributed by atoms with Crippen molar-refractivity contribution in [3.05, 3.63) is 60.2 Å². The molecule has 0 aliphatic carbocycles. The largest absolute Gasteiger partial charge is 0.418 e. The van der Waals surface area contributed by atoms with Gasteiger partial charge in [0.2, 0.25) is 11.8 Å². The van der Waals surface area contributed by atoms with Crippen LogP contribution in [0.15, 0.2) is 54.6 Å². The summed E-state index contributed by atoms with van der Waals surface area (Å²) in [7, 11) is 0. The normalized spacial score (nSPS) is 11.7. The van der Waals surface area contributed by atoms with E-state index >= 15 is 0 Å². The zero-order valence-corrected chi connectivity index (χ0v) is 13.6. The summed E-state index contributed by atoms with van der Waals surface area (Å²) in [6, 6.07) is 13.1. The number of carbonyl (C=O) groups excluding carboxylic acids is 2. The molecule has 7 heteroatoms. The number of carbonyl (C=O) groups is 2. The van der Waals surface area contributed by atoms with Crippen LogP contribution in [-0.4, -0.2) is 11.8 Å². The zero-order valence-electron chi connectivity index (χ0n) is 13.6. The van der Waals surface area contributed by atoms with Gasteiger partial charge in [-0.1, -0.05) is 30.3 Å². The molecule has 0 heterocycles. The molecule has 0 bridgehead atoms. The van der Waals surface area contributed by atoms with Crippen molar-refractivity contribution in [1.29, 1.82) is 0 Å². The van der Waals surface area contributed by atoms with Crippen LogP contribution in [0.1, 0.15) is 19.4 Å². The molecule has 2 N–H and O–H groups in total. The van der Waals surface area contributed by atoms with Crippen LogP contribution in [-0.2, 0) is 15.8 Å². The number of alkyl halides is 3. The Morgan fingerprint density at radius 3 is 1.92 bits per heavy atom. The lowest BCUT2D eigenvalue weighted by molar-refractivity contribution is -0.137. The zero-order chi connectivity index (χ0) is 18.7. The Hall–Kier alpha value is -2.83. The van der Waals surface area contributed by atoms with Crippen molar-refractivity contribution in [3.63, 3.8) is 0 Å². The van der Waals surface area contributed by atoms with Crippen molar-refractivity contribution >= 4 is 23.2 Å². The Balaban J connectivity index is 2.18. The van der Waals surface area contributed by atoms with Gasteiger partial charge in [0.1, 0.15) is 5.41 Å². The topological polar surface area (TPSA) is 58.2 Å². The van der Waals surface area contributed by atoms with Gasteiger partial charge in [-0.15, -0.1) is 0 Å². The quantitative estimate of drug-likeness (QED) is 0.808. The number of anilines is 2. The van der Waals surface area contributed by atoms with E-state index in [4.69, 9.17) is 0 Å². The van der Waals surface area contributed by atoms with Crippen LogP contribution >= 0.6 is 0 Å². The number of amides is 2. The van der Waals surface area contributed by atoms with E-state index in [0.29, 0.717) is 5.69 Å². The molecule has 0 fully saturated rings. The van der Waals surface area contributed by atoms with Crippen molar-refractivity contribution in [2.45, 2.75) is 20.0 Å². The van der Waals surface area contributed by atoms with Crippen LogP contribution in [0.25, 0.3) is 0 Å². The van der Waals surface area contributed by atoms with Gasteiger partial charge in [-0.25, -0.2) is 0 Å². The third-order valence-corrected chi connectivity index (χ3v) is 3.65. The molecule has 0 saturated carbocycles. The number of nitrogens with one attached hydrogen (secondary N) is 2. The predicted octanol–water partition coefficient (Wildman–Crippen LogP) is 4.31. The van der Waals surface area contributed by atoms with Gasteiger partial charge in [-0.3, -0.25) is 9.59 Å². The molecule has 0 aliphatic rings. The van der Waals surface area contributed by atoms with Crippen LogP contribution in [0.5, 0.6) is 0 Å². The van der Waals surface area contributed by atoms with Gasteiger partial charge in [0.05, 0.1) is 11.3 Å². The van der Waals surface area contributed by atoms with Crippen molar-refractivity contribution in [2.75, 3.05) is 10.6 Å². The molecule has 2 aromatic carbocycles. The van der Waals surface area contributed by atoms with E-state index in [1.807, 2.05) is 0 Å². The summed E-state index contributed by atoms with van der Waals surface area (Å²) in [6.07, 6.45) is -4.61. The van der Waals surface area contributed by atoms with E-state index in [9.17, 15) is 22.8 Å². The summed E-state index contributed by atoms with van der Waals surface area (Å²) in [5, 5.41) is 4.78. The van der Waals surface area contributed by atoms with Gasteiger partial charge in [-0.2, -0.15) is 13.2 Å². The van der Waals surface area contributed by atoms with Crippen LogP contribution in [0, 0.1) is 5.41 Å². The van der Waals surface area contributed by atoms with E-state index < -0.39 is 29.0 Å². The van der Waals surface area contributed by atoms with Crippen molar-refractivity contribution in [2.24, 2.45) is 5.41 Å². The second-order valence-electron chi connectivity index (χ2n) is 5.94. The van der Waals surface area contributed by atoms with Crippen molar-refractivity contribution < 1.29 is 22.8 Å². The first-order valence-electron chi connectivity index (χ1n) is 7.46. The summed E-state index contributed by atoms with van der Waals surface area (Å²) < 4.78 is 39.0. The maximum atomic E-state index is 13.0. The van der Waals surface area contributed by atoms with Gasteiger partial charge in [-0.05, 0) is 38.1 Å². The summed E-state index contributed by atoms with van der Waals surface area (Å²) in [5.74, 6) is -1.46. The van der Waals surface area contributed by atoms with Gasteiger partial charge in [0, 0.05) is 5.69 Å². The molecule has 25 heavy (non-hydrogen) atoms. The highest BCUT2D eigenvalue weighted by Crippen LogP contribution is 2.35. The molecular formula is C18H17F3N2O2. The minimum Gasteiger partial charge on any atom is -0.325 e. The van der Waals surface area contributed by atoms with Crippen molar-refractivity contribution in [1.82, 2.24) is 0 Å². The number of halogens is 3. The Kier molecular flexibility index (Phi) is 5.15. The molecule has 4 nitrogen and oxygen atoms in total. The summed E-state index contributed by atoms with van der Waals surface area (Å²) in [5.41, 5.74) is -2.44. The average Bonchev–Trinajstić information content (AvgIpc) is 2.55. The highest BCUT2D eigenvalue weighted by atomic mass is 19.4. The maximum absolute atomic E-state index is 13.0. The molecule has 2 rings (SSSR count). The molecule has 0 unspecified atom stereocenters. The molecule has 0 atom stereocenters. The summed E-state index contributed by atoms with van der Waals surface area (Å²) in [6.45, 7) is 2.69. The van der Waals surface area contributed by atoms with Crippen LogP contribution < -0.4 is 10.6 Å². The second kappa shape index (κ2) is 6.96. The first kappa shape index (κ1) is 18.5. The highest BCUT2D eigenvalue weighted by Gasteiger charge is 2.38. The Bertz CT molecular complexity index is 771. The molecular weight excluding hydrogens is 333 g/mol. The average molecular weight is 350 g/mol. The molecule has 0 saturated heterocycles. The Labute approximate surface area is 143 Å². The van der Waals surface area contributed by atoms with Gasteiger partial charge >= 0.3 is 6.18 Å². The van der Waals surface area contributed by atoms with Gasteiger partial charge < -0.3 is 10.6 Å². The lowest BCUT2D eigenvalue weighted by Crippen LogP contribution is -2.41. The lowest BCUT2D eigenvalue weighted by atomic mass is 9.90. The van der Waals surface area contributed by atoms with Crippen LogP contribution in [0.4, 0.5) is 24.5 Å². The first-order chi connectivity index (χ1) is 11.6. The van der Waals surface area contributed by atoms with E-state index in [1.165, 1.54) is 26.0 Å². The molecule has 2 aromatic rings. The SMILES string of the molecule is CC(C)(C(=O)Nc1ccccc1)C(=O)Nc1ccccc1C(F)(F)F. The summed E-state index contributed by atoms with van der Waals surface area (Å²) >= 11 is 0. The second-order valence-corrected chi connectivity index (χ2v) is 5.94. The number of para-hydroxylation sites is 2. The monoisotopic (exact) mass is 350 g/mol. The lowest BCUT2D eigenvalue weighted by Gasteiger charge is -2.24. The molecule has 132 valence electrons. The molecule has 0 radical (unpaired) electrons. The standard InChI is InChI=1S/C18H17F3N2O2/c1-17(2,15(24)22-12-8-4-3-5-9-12)16(25)23-14-11-7-6-10-13(14)18(19,20)21/h3-11H,1-2H3,(H,22,24)(H,23,25). The summed E-state index contributed by atoms with van der Waals surface area (Å²) in [4.78, 5) is 24.8. The number of benzene rings is 2. The predicted molar refractivity (Wildman–Crippen MR) is 88.9 cm³/mol.